The summed E-state index contributed by atoms with van der Waals surface area (Å²) in [5.74, 6) is 0. The van der Waals surface area contributed by atoms with Crippen molar-refractivity contribution in [2.75, 3.05) is 13.1 Å². The first-order valence-corrected chi connectivity index (χ1v) is 6.24. The van der Waals surface area contributed by atoms with Gasteiger partial charge in [0.05, 0.1) is 6.10 Å². The monoisotopic (exact) mass is 239 g/mol. The lowest BCUT2D eigenvalue weighted by molar-refractivity contribution is 0.0716. The summed E-state index contributed by atoms with van der Waals surface area (Å²) in [5.41, 5.74) is 0.948. The molecule has 0 amide bonds. The van der Waals surface area contributed by atoms with Crippen molar-refractivity contribution >= 4 is 11.6 Å². The molecule has 2 nitrogen and oxygen atoms in total. The zero-order valence-corrected chi connectivity index (χ0v) is 10.3. The minimum Gasteiger partial charge on any atom is -0.387 e. The molecule has 1 aliphatic heterocycles. The molecule has 0 aliphatic carbocycles. The van der Waals surface area contributed by atoms with Crippen LogP contribution in [0.5, 0.6) is 0 Å². The van der Waals surface area contributed by atoms with Crippen LogP contribution in [0.15, 0.2) is 24.3 Å². The van der Waals surface area contributed by atoms with E-state index in [2.05, 4.69) is 11.8 Å². The lowest BCUT2D eigenvalue weighted by Crippen LogP contribution is -2.35. The lowest BCUT2D eigenvalue weighted by Gasteiger charge is -2.28. The molecule has 0 spiro atoms. The van der Waals surface area contributed by atoms with Gasteiger partial charge in [0.15, 0.2) is 0 Å². The van der Waals surface area contributed by atoms with Crippen molar-refractivity contribution in [3.8, 4) is 0 Å². The molecule has 2 rings (SSSR count). The minimum atomic E-state index is -0.421. The highest BCUT2D eigenvalue weighted by atomic mass is 35.5. The van der Waals surface area contributed by atoms with E-state index in [9.17, 15) is 5.11 Å². The van der Waals surface area contributed by atoms with Crippen LogP contribution in [0.3, 0.4) is 0 Å². The Bertz CT molecular complexity index is 332. The molecule has 1 heterocycles. The number of nitrogens with zero attached hydrogens (tertiary/aromatic N) is 1. The zero-order valence-electron chi connectivity index (χ0n) is 9.56. The fourth-order valence-electron chi connectivity index (χ4n) is 2.29. The van der Waals surface area contributed by atoms with Gasteiger partial charge in [-0.15, -0.1) is 0 Å². The quantitative estimate of drug-likeness (QED) is 0.877. The number of rotatable bonds is 3. The van der Waals surface area contributed by atoms with E-state index in [4.69, 9.17) is 11.6 Å². The van der Waals surface area contributed by atoms with Crippen molar-refractivity contribution in [2.24, 2.45) is 0 Å². The summed E-state index contributed by atoms with van der Waals surface area (Å²) in [7, 11) is 0. The number of halogens is 1. The predicted octanol–water partition coefficient (Wildman–Crippen LogP) is 2.86. The first-order chi connectivity index (χ1) is 7.68. The van der Waals surface area contributed by atoms with E-state index < -0.39 is 6.10 Å². The Morgan fingerprint density at radius 1 is 1.19 bits per heavy atom. The Balaban J connectivity index is 2.05. The number of aliphatic hydroxyl groups is 1. The number of benzene rings is 1. The van der Waals surface area contributed by atoms with Crippen LogP contribution >= 0.6 is 11.6 Å². The summed E-state index contributed by atoms with van der Waals surface area (Å²) < 4.78 is 0. The first kappa shape index (κ1) is 11.9. The summed E-state index contributed by atoms with van der Waals surface area (Å²) in [6.07, 6.45) is 2.07. The van der Waals surface area contributed by atoms with Crippen molar-refractivity contribution in [3.05, 3.63) is 34.9 Å². The fourth-order valence-corrected chi connectivity index (χ4v) is 2.41. The van der Waals surface area contributed by atoms with Crippen molar-refractivity contribution in [3.63, 3.8) is 0 Å². The lowest BCUT2D eigenvalue weighted by atomic mass is 10.0. The van der Waals surface area contributed by atoms with Crippen LogP contribution in [0.25, 0.3) is 0 Å². The molecule has 1 aromatic rings. The van der Waals surface area contributed by atoms with E-state index in [0.717, 1.165) is 18.7 Å². The van der Waals surface area contributed by atoms with E-state index >= 15 is 0 Å². The van der Waals surface area contributed by atoms with Gasteiger partial charge in [-0.1, -0.05) is 23.7 Å². The Hall–Kier alpha value is -0.570. The van der Waals surface area contributed by atoms with Crippen LogP contribution in [0.2, 0.25) is 5.02 Å². The second kappa shape index (κ2) is 5.17. The molecule has 0 bridgehead atoms. The van der Waals surface area contributed by atoms with Gasteiger partial charge in [0.25, 0.3) is 0 Å². The van der Waals surface area contributed by atoms with E-state index in [1.54, 1.807) is 0 Å². The van der Waals surface area contributed by atoms with Crippen molar-refractivity contribution in [1.29, 1.82) is 0 Å². The van der Waals surface area contributed by atoms with Gasteiger partial charge in [-0.3, -0.25) is 4.90 Å². The molecular weight excluding hydrogens is 222 g/mol. The van der Waals surface area contributed by atoms with Gasteiger partial charge in [-0.25, -0.2) is 0 Å². The van der Waals surface area contributed by atoms with Gasteiger partial charge in [-0.05, 0) is 50.6 Å². The summed E-state index contributed by atoms with van der Waals surface area (Å²) >= 11 is 5.83. The Morgan fingerprint density at radius 2 is 1.75 bits per heavy atom. The molecule has 1 aliphatic rings. The van der Waals surface area contributed by atoms with Gasteiger partial charge in [-0.2, -0.15) is 0 Å². The largest absolute Gasteiger partial charge is 0.387 e. The number of likely N-dealkylation sites (tertiary alicyclic amines) is 1. The van der Waals surface area contributed by atoms with Gasteiger partial charge in [0.1, 0.15) is 0 Å². The minimum absolute atomic E-state index is 0.184. The maximum Gasteiger partial charge on any atom is 0.0942 e. The third-order valence-corrected chi connectivity index (χ3v) is 3.64. The molecule has 1 aromatic carbocycles. The molecule has 2 unspecified atom stereocenters. The molecule has 0 saturated carbocycles. The summed E-state index contributed by atoms with van der Waals surface area (Å²) in [5, 5.41) is 11.0. The Kier molecular flexibility index (Phi) is 3.85. The van der Waals surface area contributed by atoms with Crippen LogP contribution in [0, 0.1) is 0 Å². The molecule has 88 valence electrons. The molecule has 16 heavy (non-hydrogen) atoms. The molecule has 3 heteroatoms. The molecule has 1 fully saturated rings. The topological polar surface area (TPSA) is 23.5 Å². The van der Waals surface area contributed by atoms with Crippen molar-refractivity contribution in [2.45, 2.75) is 31.9 Å². The van der Waals surface area contributed by atoms with Crippen LogP contribution in [-0.2, 0) is 0 Å². The number of aliphatic hydroxyl groups excluding tert-OH is 1. The second-order valence-electron chi connectivity index (χ2n) is 4.48. The average molecular weight is 240 g/mol. The first-order valence-electron chi connectivity index (χ1n) is 5.86. The third-order valence-electron chi connectivity index (χ3n) is 3.39. The van der Waals surface area contributed by atoms with E-state index in [0.29, 0.717) is 5.02 Å². The fraction of sp³-hybridized carbons (Fsp3) is 0.538. The van der Waals surface area contributed by atoms with E-state index in [1.807, 2.05) is 24.3 Å². The molecule has 0 aromatic heterocycles. The van der Waals surface area contributed by atoms with Crippen LogP contribution in [0.1, 0.15) is 31.4 Å². The summed E-state index contributed by atoms with van der Waals surface area (Å²) in [4.78, 5) is 2.35. The standard InChI is InChI=1S/C13H18ClNO/c1-10(15-8-2-3-9-15)13(16)11-4-6-12(14)7-5-11/h4-7,10,13,16H,2-3,8-9H2,1H3. The summed E-state index contributed by atoms with van der Waals surface area (Å²) in [6, 6.07) is 7.65. The van der Waals surface area contributed by atoms with Crippen molar-refractivity contribution < 1.29 is 5.11 Å². The Morgan fingerprint density at radius 3 is 2.31 bits per heavy atom. The SMILES string of the molecule is CC(C(O)c1ccc(Cl)cc1)N1CCCC1. The van der Waals surface area contributed by atoms with Gasteiger partial charge < -0.3 is 5.11 Å². The maximum absolute atomic E-state index is 10.3. The molecule has 2 atom stereocenters. The van der Waals surface area contributed by atoms with Gasteiger partial charge in [0, 0.05) is 11.1 Å². The molecule has 0 radical (unpaired) electrons. The number of hydrogen-bond donors (Lipinski definition) is 1. The summed E-state index contributed by atoms with van der Waals surface area (Å²) in [6.45, 7) is 4.29. The Labute approximate surface area is 102 Å². The van der Waals surface area contributed by atoms with Crippen LogP contribution in [0.4, 0.5) is 0 Å². The second-order valence-corrected chi connectivity index (χ2v) is 4.92. The van der Waals surface area contributed by atoms with Crippen LogP contribution in [-0.4, -0.2) is 29.1 Å². The van der Waals surface area contributed by atoms with E-state index in [-0.39, 0.29) is 6.04 Å². The predicted molar refractivity (Wildman–Crippen MR) is 66.7 cm³/mol. The molecular formula is C13H18ClNO. The maximum atomic E-state index is 10.3. The average Bonchev–Trinajstić information content (AvgIpc) is 2.81. The third kappa shape index (κ3) is 2.57. The highest BCUT2D eigenvalue weighted by Gasteiger charge is 2.25. The normalized spacial score (nSPS) is 20.9. The molecule has 1 N–H and O–H groups in total. The number of hydrogen-bond acceptors (Lipinski definition) is 2. The smallest absolute Gasteiger partial charge is 0.0942 e. The van der Waals surface area contributed by atoms with Gasteiger partial charge >= 0.3 is 0 Å². The zero-order chi connectivity index (χ0) is 11.5. The van der Waals surface area contributed by atoms with E-state index in [1.165, 1.54) is 12.8 Å². The highest BCUT2D eigenvalue weighted by molar-refractivity contribution is 6.30. The van der Waals surface area contributed by atoms with Crippen molar-refractivity contribution in [1.82, 2.24) is 4.90 Å². The highest BCUT2D eigenvalue weighted by Crippen LogP contribution is 2.24. The van der Waals surface area contributed by atoms with Gasteiger partial charge in [0.2, 0.25) is 0 Å². The molecule has 1 saturated heterocycles. The van der Waals surface area contributed by atoms with Crippen LogP contribution < -0.4 is 0 Å².